The molecule has 1 aromatic carbocycles. The third kappa shape index (κ3) is 2.63. The van der Waals surface area contributed by atoms with Crippen LogP contribution in [0.5, 0.6) is 0 Å². The van der Waals surface area contributed by atoms with E-state index in [2.05, 4.69) is 10.3 Å². The number of hydrogen-bond donors (Lipinski definition) is 1. The van der Waals surface area contributed by atoms with Gasteiger partial charge in [-0.05, 0) is 30.2 Å². The second-order valence-electron chi connectivity index (χ2n) is 5.04. The van der Waals surface area contributed by atoms with Gasteiger partial charge in [0.1, 0.15) is 12.4 Å². The lowest BCUT2D eigenvalue weighted by Gasteiger charge is -2.15. The molecule has 0 saturated heterocycles. The van der Waals surface area contributed by atoms with E-state index in [-0.39, 0.29) is 18.4 Å². The predicted molar refractivity (Wildman–Crippen MR) is 78.8 cm³/mol. The molecule has 2 aromatic rings. The number of nitrogens with zero attached hydrogens (tertiary/aromatic N) is 2. The minimum absolute atomic E-state index is 0.0313. The quantitative estimate of drug-likeness (QED) is 0.935. The number of anilines is 1. The first kappa shape index (κ1) is 13.3. The summed E-state index contributed by atoms with van der Waals surface area (Å²) in [5.74, 6) is 0.197. The monoisotopic (exact) mass is 281 g/mol. The van der Waals surface area contributed by atoms with E-state index in [1.165, 1.54) is 4.90 Å². The van der Waals surface area contributed by atoms with E-state index in [0.29, 0.717) is 17.9 Å². The van der Waals surface area contributed by atoms with Crippen LogP contribution in [0.3, 0.4) is 0 Å². The summed E-state index contributed by atoms with van der Waals surface area (Å²) < 4.78 is 0. The molecule has 3 rings (SSSR count). The summed E-state index contributed by atoms with van der Waals surface area (Å²) in [4.78, 5) is 29.9. The highest BCUT2D eigenvalue weighted by molar-refractivity contribution is 6.02. The van der Waals surface area contributed by atoms with Crippen LogP contribution in [0.1, 0.15) is 21.5 Å². The average molecular weight is 281 g/mol. The van der Waals surface area contributed by atoms with Gasteiger partial charge in [-0.25, -0.2) is 4.98 Å². The van der Waals surface area contributed by atoms with Gasteiger partial charge in [0.25, 0.3) is 5.91 Å². The molecular weight excluding hydrogens is 266 g/mol. The number of amides is 2. The number of pyridine rings is 1. The number of fused-ring (bicyclic) bond motifs is 1. The molecule has 0 saturated carbocycles. The molecule has 0 radical (unpaired) electrons. The first-order valence-corrected chi connectivity index (χ1v) is 6.74. The number of carbonyl (C=O) groups excluding carboxylic acids is 2. The molecule has 1 aliphatic heterocycles. The van der Waals surface area contributed by atoms with Crippen LogP contribution in [-0.2, 0) is 11.3 Å². The van der Waals surface area contributed by atoms with E-state index in [0.717, 1.165) is 11.1 Å². The summed E-state index contributed by atoms with van der Waals surface area (Å²) in [6.07, 6.45) is 1.62. The van der Waals surface area contributed by atoms with Crippen molar-refractivity contribution in [3.8, 4) is 0 Å². The van der Waals surface area contributed by atoms with Gasteiger partial charge < -0.3 is 10.2 Å². The maximum atomic E-state index is 12.2. The molecule has 0 atom stereocenters. The molecule has 1 aliphatic rings. The minimum Gasteiger partial charge on any atom is -0.325 e. The van der Waals surface area contributed by atoms with Crippen molar-refractivity contribution in [1.29, 1.82) is 0 Å². The highest BCUT2D eigenvalue weighted by Gasteiger charge is 2.28. The second-order valence-corrected chi connectivity index (χ2v) is 5.04. The average Bonchev–Trinajstić information content (AvgIpc) is 2.78. The van der Waals surface area contributed by atoms with Crippen molar-refractivity contribution >= 4 is 17.6 Å². The number of hydrogen-bond acceptors (Lipinski definition) is 3. The summed E-state index contributed by atoms with van der Waals surface area (Å²) in [6.45, 7) is 2.38. The van der Waals surface area contributed by atoms with Crippen molar-refractivity contribution in [2.24, 2.45) is 0 Å². The van der Waals surface area contributed by atoms with Gasteiger partial charge in [0.2, 0.25) is 5.91 Å². The number of aromatic nitrogens is 1. The molecule has 5 heteroatoms. The molecule has 1 aromatic heterocycles. The Morgan fingerprint density at radius 1 is 1.29 bits per heavy atom. The topological polar surface area (TPSA) is 62.3 Å². The normalized spacial score (nSPS) is 13.2. The fourth-order valence-corrected chi connectivity index (χ4v) is 2.40. The number of rotatable bonds is 3. The van der Waals surface area contributed by atoms with Crippen molar-refractivity contribution in [2.45, 2.75) is 13.5 Å². The summed E-state index contributed by atoms with van der Waals surface area (Å²) in [6, 6.07) is 11.1. The van der Waals surface area contributed by atoms with Crippen molar-refractivity contribution in [2.75, 3.05) is 11.9 Å². The van der Waals surface area contributed by atoms with Crippen LogP contribution in [0.4, 0.5) is 5.82 Å². The largest absolute Gasteiger partial charge is 0.325 e. The standard InChI is InChI=1S/C16H15N3O2/c1-11-5-4-8-17-15(11)18-14(20)10-19-9-12-6-2-3-7-13(12)16(19)21/h2-8H,9-10H2,1H3,(H,17,18,20). The Morgan fingerprint density at radius 3 is 2.86 bits per heavy atom. The zero-order chi connectivity index (χ0) is 14.8. The minimum atomic E-state index is -0.238. The Labute approximate surface area is 122 Å². The lowest BCUT2D eigenvalue weighted by molar-refractivity contribution is -0.116. The smallest absolute Gasteiger partial charge is 0.254 e. The summed E-state index contributed by atoms with van der Waals surface area (Å²) in [5.41, 5.74) is 2.53. The Morgan fingerprint density at radius 2 is 2.10 bits per heavy atom. The van der Waals surface area contributed by atoms with Gasteiger partial charge in [-0.2, -0.15) is 0 Å². The fourth-order valence-electron chi connectivity index (χ4n) is 2.40. The van der Waals surface area contributed by atoms with Gasteiger partial charge in [0, 0.05) is 18.3 Å². The highest BCUT2D eigenvalue weighted by atomic mass is 16.2. The Balaban J connectivity index is 1.67. The maximum absolute atomic E-state index is 12.2. The first-order chi connectivity index (χ1) is 10.1. The highest BCUT2D eigenvalue weighted by Crippen LogP contribution is 2.22. The Hall–Kier alpha value is -2.69. The number of aryl methyl sites for hydroxylation is 1. The Bertz CT molecular complexity index is 712. The van der Waals surface area contributed by atoms with Crippen LogP contribution < -0.4 is 5.32 Å². The lowest BCUT2D eigenvalue weighted by atomic mass is 10.1. The van der Waals surface area contributed by atoms with Gasteiger partial charge in [0.05, 0.1) is 0 Å². The molecule has 0 fully saturated rings. The molecule has 21 heavy (non-hydrogen) atoms. The molecule has 2 heterocycles. The molecule has 106 valence electrons. The van der Waals surface area contributed by atoms with E-state index in [1.807, 2.05) is 37.3 Å². The van der Waals surface area contributed by atoms with Gasteiger partial charge in [0.15, 0.2) is 0 Å². The van der Waals surface area contributed by atoms with E-state index in [1.54, 1.807) is 12.3 Å². The van der Waals surface area contributed by atoms with Gasteiger partial charge in [-0.15, -0.1) is 0 Å². The van der Waals surface area contributed by atoms with E-state index >= 15 is 0 Å². The molecular formula is C16H15N3O2. The van der Waals surface area contributed by atoms with Crippen LogP contribution in [0, 0.1) is 6.92 Å². The number of nitrogens with one attached hydrogen (secondary N) is 1. The van der Waals surface area contributed by atoms with Gasteiger partial charge in [-0.3, -0.25) is 9.59 Å². The molecule has 1 N–H and O–H groups in total. The molecule has 0 bridgehead atoms. The molecule has 5 nitrogen and oxygen atoms in total. The van der Waals surface area contributed by atoms with Crippen LogP contribution >= 0.6 is 0 Å². The maximum Gasteiger partial charge on any atom is 0.254 e. The van der Waals surface area contributed by atoms with Crippen LogP contribution in [0.15, 0.2) is 42.6 Å². The zero-order valence-electron chi connectivity index (χ0n) is 11.7. The molecule has 0 unspecified atom stereocenters. The van der Waals surface area contributed by atoms with E-state index in [9.17, 15) is 9.59 Å². The van der Waals surface area contributed by atoms with E-state index < -0.39 is 0 Å². The first-order valence-electron chi connectivity index (χ1n) is 6.74. The van der Waals surface area contributed by atoms with Crippen molar-refractivity contribution < 1.29 is 9.59 Å². The van der Waals surface area contributed by atoms with Crippen LogP contribution in [0.2, 0.25) is 0 Å². The Kier molecular flexibility index (Phi) is 3.39. The zero-order valence-corrected chi connectivity index (χ0v) is 11.7. The summed E-state index contributed by atoms with van der Waals surface area (Å²) in [5, 5.41) is 2.74. The summed E-state index contributed by atoms with van der Waals surface area (Å²) in [7, 11) is 0. The SMILES string of the molecule is Cc1cccnc1NC(=O)CN1Cc2ccccc2C1=O. The van der Waals surface area contributed by atoms with E-state index in [4.69, 9.17) is 0 Å². The third-order valence-electron chi connectivity index (χ3n) is 3.50. The molecule has 0 spiro atoms. The van der Waals surface area contributed by atoms with Crippen molar-refractivity contribution in [3.05, 3.63) is 59.3 Å². The lowest BCUT2D eigenvalue weighted by Crippen LogP contribution is -2.33. The second kappa shape index (κ2) is 5.36. The number of carbonyl (C=O) groups is 2. The summed E-state index contributed by atoms with van der Waals surface area (Å²) >= 11 is 0. The van der Waals surface area contributed by atoms with Gasteiger partial charge >= 0.3 is 0 Å². The van der Waals surface area contributed by atoms with Crippen LogP contribution in [0.25, 0.3) is 0 Å². The van der Waals surface area contributed by atoms with Crippen molar-refractivity contribution in [1.82, 2.24) is 9.88 Å². The van der Waals surface area contributed by atoms with Crippen molar-refractivity contribution in [3.63, 3.8) is 0 Å². The van der Waals surface area contributed by atoms with Gasteiger partial charge in [-0.1, -0.05) is 24.3 Å². The predicted octanol–water partition coefficient (Wildman–Crippen LogP) is 1.98. The molecule has 0 aliphatic carbocycles. The molecule has 2 amide bonds. The van der Waals surface area contributed by atoms with Crippen LogP contribution in [-0.4, -0.2) is 28.2 Å². The number of benzene rings is 1. The fraction of sp³-hybridized carbons (Fsp3) is 0.188. The third-order valence-corrected chi connectivity index (χ3v) is 3.50.